The summed E-state index contributed by atoms with van der Waals surface area (Å²) in [6.45, 7) is 0. The zero-order valence-corrected chi connectivity index (χ0v) is 17.5. The predicted octanol–water partition coefficient (Wildman–Crippen LogP) is 3.75. The second-order valence-corrected chi connectivity index (χ2v) is 7.89. The van der Waals surface area contributed by atoms with Crippen molar-refractivity contribution < 1.29 is 9.59 Å². The van der Waals surface area contributed by atoms with Crippen LogP contribution in [0, 0.1) is 0 Å². The minimum atomic E-state index is -1.10. The Bertz CT molecular complexity index is 1320. The third-order valence-electron chi connectivity index (χ3n) is 4.91. The number of carbonyl (C=O) groups is 2. The first-order valence-electron chi connectivity index (χ1n) is 9.89. The molecular weight excluding hydrogens is 422 g/mol. The van der Waals surface area contributed by atoms with Gasteiger partial charge in [-0.3, -0.25) is 14.6 Å². The molecule has 3 heterocycles. The smallest absolute Gasteiger partial charge is 0.272 e. The molecular formula is C24H17N5O2S. The van der Waals surface area contributed by atoms with Gasteiger partial charge in [-0.25, -0.2) is 9.98 Å². The van der Waals surface area contributed by atoms with Crippen LogP contribution in [0.15, 0.2) is 89.5 Å². The average molecular weight is 440 g/mol. The Kier molecular flexibility index (Phi) is 5.27. The number of aliphatic imine (C=N–C) groups is 1. The summed E-state index contributed by atoms with van der Waals surface area (Å²) in [6.07, 6.45) is 2.26. The fourth-order valence-corrected chi connectivity index (χ4v) is 4.17. The average Bonchev–Trinajstić information content (AvgIpc) is 3.29. The van der Waals surface area contributed by atoms with E-state index in [1.807, 2.05) is 66.7 Å². The van der Waals surface area contributed by atoms with Crippen molar-refractivity contribution in [1.82, 2.24) is 15.3 Å². The van der Waals surface area contributed by atoms with E-state index >= 15 is 0 Å². The molecule has 0 aliphatic carbocycles. The Morgan fingerprint density at radius 3 is 2.56 bits per heavy atom. The number of aromatic nitrogens is 2. The molecule has 2 aromatic heterocycles. The highest BCUT2D eigenvalue weighted by molar-refractivity contribution is 7.13. The number of carbonyl (C=O) groups excluding carboxylic acids is 2. The number of nitrogens with zero attached hydrogens (tertiary/aromatic N) is 3. The molecule has 4 aromatic rings. The molecule has 1 unspecified atom stereocenters. The molecule has 32 heavy (non-hydrogen) atoms. The van der Waals surface area contributed by atoms with Crippen LogP contribution in [0.3, 0.4) is 0 Å². The van der Waals surface area contributed by atoms with Crippen LogP contribution < -0.4 is 10.6 Å². The number of benzodiazepines with no additional fused rings is 1. The minimum Gasteiger partial charge on any atom is -0.322 e. The van der Waals surface area contributed by atoms with E-state index in [4.69, 9.17) is 0 Å². The van der Waals surface area contributed by atoms with E-state index in [-0.39, 0.29) is 5.69 Å². The van der Waals surface area contributed by atoms with Crippen LogP contribution in [0.25, 0.3) is 10.6 Å². The molecule has 1 atom stereocenters. The topological polar surface area (TPSA) is 96.3 Å². The number of amides is 2. The first-order valence-corrected chi connectivity index (χ1v) is 10.8. The van der Waals surface area contributed by atoms with E-state index in [2.05, 4.69) is 25.6 Å². The van der Waals surface area contributed by atoms with Crippen LogP contribution in [0.1, 0.15) is 21.6 Å². The molecule has 2 amide bonds. The Balaban J connectivity index is 1.46. The molecule has 0 saturated heterocycles. The quantitative estimate of drug-likeness (QED) is 0.506. The van der Waals surface area contributed by atoms with Gasteiger partial charge in [0.2, 0.25) is 6.17 Å². The summed E-state index contributed by atoms with van der Waals surface area (Å²) >= 11 is 1.34. The molecule has 2 aromatic carbocycles. The number of benzene rings is 2. The lowest BCUT2D eigenvalue weighted by Crippen LogP contribution is -2.42. The molecule has 5 rings (SSSR count). The van der Waals surface area contributed by atoms with Gasteiger partial charge < -0.3 is 10.6 Å². The maximum atomic E-state index is 12.9. The van der Waals surface area contributed by atoms with Crippen LogP contribution in [-0.2, 0) is 4.79 Å². The number of nitrogens with one attached hydrogen (secondary N) is 2. The summed E-state index contributed by atoms with van der Waals surface area (Å²) in [5.41, 5.74) is 3.95. The van der Waals surface area contributed by atoms with Gasteiger partial charge in [0.25, 0.3) is 11.8 Å². The first-order chi connectivity index (χ1) is 15.7. The van der Waals surface area contributed by atoms with Crippen molar-refractivity contribution in [1.29, 1.82) is 0 Å². The zero-order chi connectivity index (χ0) is 21.9. The van der Waals surface area contributed by atoms with Crippen LogP contribution in [0.5, 0.6) is 0 Å². The van der Waals surface area contributed by atoms with Gasteiger partial charge in [0.1, 0.15) is 10.7 Å². The molecule has 8 heteroatoms. The highest BCUT2D eigenvalue weighted by Gasteiger charge is 2.28. The van der Waals surface area contributed by atoms with Crippen LogP contribution in [-0.4, -0.2) is 33.7 Å². The van der Waals surface area contributed by atoms with Crippen molar-refractivity contribution in [3.8, 4) is 10.6 Å². The molecule has 0 saturated carbocycles. The summed E-state index contributed by atoms with van der Waals surface area (Å²) in [5, 5.41) is 7.91. The third kappa shape index (κ3) is 3.91. The van der Waals surface area contributed by atoms with Gasteiger partial charge in [-0.2, -0.15) is 0 Å². The lowest BCUT2D eigenvalue weighted by atomic mass is 10.0. The monoisotopic (exact) mass is 439 g/mol. The van der Waals surface area contributed by atoms with Crippen molar-refractivity contribution in [2.75, 3.05) is 5.32 Å². The first kappa shape index (κ1) is 19.8. The lowest BCUT2D eigenvalue weighted by Gasteiger charge is -2.12. The maximum Gasteiger partial charge on any atom is 0.272 e. The van der Waals surface area contributed by atoms with Gasteiger partial charge in [-0.15, -0.1) is 11.3 Å². The molecule has 2 N–H and O–H groups in total. The maximum absolute atomic E-state index is 12.9. The van der Waals surface area contributed by atoms with Crippen molar-refractivity contribution in [3.63, 3.8) is 0 Å². The van der Waals surface area contributed by atoms with Gasteiger partial charge in [0.05, 0.1) is 11.4 Å². The number of para-hydroxylation sites is 1. The summed E-state index contributed by atoms with van der Waals surface area (Å²) in [4.78, 5) is 38.9. The van der Waals surface area contributed by atoms with Crippen LogP contribution in [0.4, 0.5) is 5.69 Å². The fraction of sp³-hybridized carbons (Fsp3) is 0.0417. The summed E-state index contributed by atoms with van der Waals surface area (Å²) in [6, 6.07) is 20.7. The van der Waals surface area contributed by atoms with Gasteiger partial charge in [0.15, 0.2) is 0 Å². The lowest BCUT2D eigenvalue weighted by molar-refractivity contribution is -0.117. The highest BCUT2D eigenvalue weighted by Crippen LogP contribution is 2.25. The highest BCUT2D eigenvalue weighted by atomic mass is 32.1. The van der Waals surface area contributed by atoms with E-state index < -0.39 is 18.0 Å². The summed E-state index contributed by atoms with van der Waals surface area (Å²) in [5.74, 6) is -0.891. The summed E-state index contributed by atoms with van der Waals surface area (Å²) in [7, 11) is 0. The molecule has 0 radical (unpaired) electrons. The van der Waals surface area contributed by atoms with E-state index in [1.165, 1.54) is 11.3 Å². The molecule has 0 spiro atoms. The predicted molar refractivity (Wildman–Crippen MR) is 124 cm³/mol. The Morgan fingerprint density at radius 2 is 1.75 bits per heavy atom. The second kappa shape index (κ2) is 8.52. The Labute approximate surface area is 187 Å². The van der Waals surface area contributed by atoms with Crippen molar-refractivity contribution in [2.24, 2.45) is 4.99 Å². The number of anilines is 1. The normalized spacial score (nSPS) is 15.2. The number of hydrogen-bond donors (Lipinski definition) is 2. The third-order valence-corrected chi connectivity index (χ3v) is 5.80. The van der Waals surface area contributed by atoms with Crippen LogP contribution >= 0.6 is 11.3 Å². The Morgan fingerprint density at radius 1 is 0.969 bits per heavy atom. The molecule has 0 bridgehead atoms. The number of hydrogen-bond acceptors (Lipinski definition) is 6. The molecule has 0 fully saturated rings. The van der Waals surface area contributed by atoms with Crippen molar-refractivity contribution >= 4 is 34.6 Å². The molecule has 156 valence electrons. The second-order valence-electron chi connectivity index (χ2n) is 7.03. The van der Waals surface area contributed by atoms with E-state index in [9.17, 15) is 9.59 Å². The minimum absolute atomic E-state index is 0.222. The van der Waals surface area contributed by atoms with E-state index in [0.717, 1.165) is 16.7 Å². The number of rotatable bonds is 4. The number of pyridine rings is 1. The van der Waals surface area contributed by atoms with Gasteiger partial charge in [-0.05, 0) is 18.2 Å². The largest absolute Gasteiger partial charge is 0.322 e. The SMILES string of the molecule is O=C(NC1N=C(c2ccccc2)c2ccccc2NC1=O)c1csc(-c2cccnc2)n1. The molecule has 7 nitrogen and oxygen atoms in total. The number of thiazole rings is 1. The van der Waals surface area contributed by atoms with Gasteiger partial charge in [-0.1, -0.05) is 48.5 Å². The number of fused-ring (bicyclic) bond motifs is 1. The van der Waals surface area contributed by atoms with Crippen molar-refractivity contribution in [3.05, 3.63) is 101 Å². The standard InChI is InChI=1S/C24H17N5O2S/c30-22(19-14-32-24(27-19)16-9-6-12-25-13-16)29-21-23(31)26-18-11-5-4-10-17(18)20(28-21)15-7-2-1-3-8-15/h1-14,21H,(H,26,31)(H,29,30). The van der Waals surface area contributed by atoms with Gasteiger partial charge >= 0.3 is 0 Å². The van der Waals surface area contributed by atoms with E-state index in [0.29, 0.717) is 16.4 Å². The van der Waals surface area contributed by atoms with Gasteiger partial charge in [0, 0.05) is 34.5 Å². The Hall–Kier alpha value is -4.17. The van der Waals surface area contributed by atoms with Crippen LogP contribution in [0.2, 0.25) is 0 Å². The fourth-order valence-electron chi connectivity index (χ4n) is 3.38. The molecule has 1 aliphatic rings. The van der Waals surface area contributed by atoms with E-state index in [1.54, 1.807) is 17.8 Å². The summed E-state index contributed by atoms with van der Waals surface area (Å²) < 4.78 is 0. The molecule has 1 aliphatic heterocycles. The van der Waals surface area contributed by atoms with Crippen molar-refractivity contribution in [2.45, 2.75) is 6.17 Å². The zero-order valence-electron chi connectivity index (χ0n) is 16.7.